The number of fused-ring (bicyclic) bond motifs is 5. The molecule has 15 aromatic heterocycles. The van der Waals surface area contributed by atoms with E-state index in [0.29, 0.717) is 46.2 Å². The first-order valence-electron chi connectivity index (χ1n) is 41.6. The highest BCUT2D eigenvalue weighted by Crippen LogP contribution is 2.37. The fraction of sp³-hybridized carbons (Fsp3) is 0.147. The molecule has 130 heavy (non-hydrogen) atoms. The van der Waals surface area contributed by atoms with Crippen molar-refractivity contribution in [1.82, 2.24) is 121 Å². The van der Waals surface area contributed by atoms with E-state index in [9.17, 15) is 0 Å². The smallest absolute Gasteiger partial charge is 0.181 e. The number of rotatable bonds is 20. The number of nitrogen functional groups attached to an aromatic ring is 3. The van der Waals surface area contributed by atoms with Gasteiger partial charge in [-0.05, 0) is 94.1 Å². The predicted octanol–water partition coefficient (Wildman–Crippen LogP) is 16.6. The van der Waals surface area contributed by atoms with E-state index >= 15 is 0 Å². The zero-order valence-corrected chi connectivity index (χ0v) is 74.9. The predicted molar refractivity (Wildman–Crippen MR) is 518 cm³/mol. The van der Waals surface area contributed by atoms with Crippen molar-refractivity contribution in [2.45, 2.75) is 26.9 Å². The lowest BCUT2D eigenvalue weighted by molar-refractivity contribution is 0.483. The van der Waals surface area contributed by atoms with Crippen molar-refractivity contribution in [1.29, 1.82) is 0 Å². The molecule has 0 fully saturated rings. The molecule has 0 saturated carbocycles. The van der Waals surface area contributed by atoms with Gasteiger partial charge in [0.25, 0.3) is 0 Å². The van der Waals surface area contributed by atoms with Crippen LogP contribution in [-0.4, -0.2) is 163 Å². The van der Waals surface area contributed by atoms with Crippen LogP contribution in [0, 0.1) is 5.92 Å². The fourth-order valence-corrected chi connectivity index (χ4v) is 15.3. The van der Waals surface area contributed by atoms with E-state index in [-0.39, 0.29) is 0 Å². The number of benzene rings is 6. The number of hydrogen-bond acceptors (Lipinski definition) is 24. The molecule has 652 valence electrons. The van der Waals surface area contributed by atoms with Crippen LogP contribution in [-0.2, 0) is 34.2 Å². The first-order valence-corrected chi connectivity index (χ1v) is 42.4. The van der Waals surface area contributed by atoms with Crippen molar-refractivity contribution < 1.29 is 0 Å². The van der Waals surface area contributed by atoms with Gasteiger partial charge in [0.05, 0.1) is 103 Å². The van der Waals surface area contributed by atoms with Crippen LogP contribution in [0.5, 0.6) is 0 Å². The van der Waals surface area contributed by atoms with Crippen molar-refractivity contribution in [3.63, 3.8) is 0 Å². The zero-order chi connectivity index (χ0) is 90.2. The summed E-state index contributed by atoms with van der Waals surface area (Å²) in [6.45, 7) is 6.00. The molecule has 0 spiro atoms. The summed E-state index contributed by atoms with van der Waals surface area (Å²) in [4.78, 5) is 50.8. The molecule has 0 atom stereocenters. The monoisotopic (exact) mass is 1790 g/mol. The third kappa shape index (κ3) is 18.9. The number of imidazole rings is 5. The molecule has 0 aliphatic rings. The molecule has 15 heterocycles. The van der Waals surface area contributed by atoms with E-state index in [1.807, 2.05) is 291 Å². The third-order valence-electron chi connectivity index (χ3n) is 21.1. The Morgan fingerprint density at radius 3 is 1.34 bits per heavy atom. The molecule has 35 heteroatoms. The minimum Gasteiger partial charge on any atom is -0.399 e. The van der Waals surface area contributed by atoms with Crippen molar-refractivity contribution in [2.75, 3.05) is 90.1 Å². The lowest BCUT2D eigenvalue weighted by atomic mass is 10.1. The van der Waals surface area contributed by atoms with E-state index in [0.717, 1.165) is 153 Å². The quantitative estimate of drug-likeness (QED) is 0.0386. The van der Waals surface area contributed by atoms with Crippen LogP contribution < -0.4 is 47.9 Å². The normalized spacial score (nSPS) is 11.1. The standard InChI is InChI=1S/C24H24N8.C24H23N7.C21H25N7.C16H14N6.C10H9BrN6/c1-30(2)19-9-5-8-18(13-19)28-23-24-27-14-21(32(24)11-10-26-23)20-15-31(3)29-22(20)16-6-4-7-17(25)12-16;1-29(2)21-10-6-9-20(13-21)28-23-24-26-15-22(31(24)12-11-25-23)19-14-27-30(17-19)16-18-7-4-3-5-8-18;1-15(2)13-27-14-16(11-24-27)19-12-23-21-20(22-8-9-28(19)21)25-17-6-5-7-18(10-17)26(3)4;1-21-9-12(7-19-21)14-8-18-16-15(17)20-13(10-22(14)16)11-5-3-2-4-6-11;1-16-5-6(2-15-16)7-3-14-10-9(12)13-4-8(11)17(7)10/h4-15H,25H2,1-3H3,(H,26,28);3-15,17H,16H2,1-2H3,(H,25,28);5-12,14-15H,13H2,1-4H3,(H,22,25);2-10H,1H3,(H2,17,20);2-5H,1H3,(H2,12,13). The zero-order valence-electron chi connectivity index (χ0n) is 73.3. The molecular weight excluding hydrogens is 1700 g/mol. The van der Waals surface area contributed by atoms with Gasteiger partial charge in [0.1, 0.15) is 10.3 Å². The van der Waals surface area contributed by atoms with Crippen LogP contribution in [0.2, 0.25) is 0 Å². The van der Waals surface area contributed by atoms with E-state index in [1.165, 1.54) is 5.56 Å². The summed E-state index contributed by atoms with van der Waals surface area (Å²) in [5.74, 6) is 3.48. The van der Waals surface area contributed by atoms with E-state index in [1.54, 1.807) is 57.4 Å². The molecule has 0 saturated heterocycles. The minimum absolute atomic E-state index is 0.406. The lowest BCUT2D eigenvalue weighted by Crippen LogP contribution is -2.08. The maximum atomic E-state index is 6.08. The second kappa shape index (κ2) is 37.5. The molecule has 0 bridgehead atoms. The SMILES string of the molecule is CC(C)Cn1cc(-c2cnc3c(Nc4cccc(N(C)C)c4)nccn23)cn1.CN(C)c1cccc(Nc2nccn3c(-c4cn(C)nc4-c4cccc(N)c4)cnc23)c1.CN(C)c1cccc(Nc2nccn3c(-c4cnn(Cc5ccccc5)c4)cnc23)c1.Cn1cc(-c2cnc3c(N)nc(-c4ccccc4)cn23)cn1.Cn1cc(-c2cnc3c(N)ncc(Br)n23)cn1. The molecule has 0 amide bonds. The van der Waals surface area contributed by atoms with Gasteiger partial charge in [-0.25, -0.2) is 49.8 Å². The highest BCUT2D eigenvalue weighted by molar-refractivity contribution is 9.10. The van der Waals surface area contributed by atoms with Crippen molar-refractivity contribution in [3.8, 4) is 78.8 Å². The molecule has 21 aromatic rings. The van der Waals surface area contributed by atoms with Crippen LogP contribution in [0.4, 0.5) is 68.9 Å². The van der Waals surface area contributed by atoms with Crippen LogP contribution in [0.25, 0.3) is 107 Å². The fourth-order valence-electron chi connectivity index (χ4n) is 14.8. The maximum absolute atomic E-state index is 6.08. The Balaban J connectivity index is 0.000000116. The summed E-state index contributed by atoms with van der Waals surface area (Å²) < 4.78 is 20.0. The lowest BCUT2D eigenvalue weighted by Gasteiger charge is -2.14. The first kappa shape index (κ1) is 85.3. The van der Waals surface area contributed by atoms with E-state index in [4.69, 9.17) is 17.2 Å². The number of aromatic nitrogens is 25. The number of hydrogen-bond donors (Lipinski definition) is 6. The average molecular weight is 1790 g/mol. The Morgan fingerprint density at radius 1 is 0.377 bits per heavy atom. The van der Waals surface area contributed by atoms with E-state index in [2.05, 4.69) is 190 Å². The Labute approximate surface area is 756 Å². The molecular formula is C95H95BrN34. The second-order valence-corrected chi connectivity index (χ2v) is 32.6. The topological polar surface area (TPSA) is 364 Å². The van der Waals surface area contributed by atoms with E-state index < -0.39 is 0 Å². The van der Waals surface area contributed by atoms with Gasteiger partial charge in [0, 0.05) is 223 Å². The van der Waals surface area contributed by atoms with Crippen LogP contribution >= 0.6 is 15.9 Å². The van der Waals surface area contributed by atoms with Crippen molar-refractivity contribution in [3.05, 3.63) is 304 Å². The molecule has 34 nitrogen and oxygen atoms in total. The van der Waals surface area contributed by atoms with Gasteiger partial charge in [0.2, 0.25) is 0 Å². The number of nitrogens with zero attached hydrogens (tertiary/aromatic N) is 28. The number of nitrogens with one attached hydrogen (secondary N) is 3. The van der Waals surface area contributed by atoms with Gasteiger partial charge in [-0.3, -0.25) is 45.4 Å². The summed E-state index contributed by atoms with van der Waals surface area (Å²) in [6.07, 6.45) is 41.2. The molecule has 0 radical (unpaired) electrons. The second-order valence-electron chi connectivity index (χ2n) is 31.8. The minimum atomic E-state index is 0.406. The molecule has 6 aromatic carbocycles. The molecule has 9 N–H and O–H groups in total. The van der Waals surface area contributed by atoms with Gasteiger partial charge >= 0.3 is 0 Å². The maximum Gasteiger partial charge on any atom is 0.181 e. The van der Waals surface area contributed by atoms with Gasteiger partial charge in [-0.2, -0.15) is 25.5 Å². The summed E-state index contributed by atoms with van der Waals surface area (Å²) >= 11 is 3.44. The van der Waals surface area contributed by atoms with Gasteiger partial charge in [-0.15, -0.1) is 0 Å². The summed E-state index contributed by atoms with van der Waals surface area (Å²) in [7, 11) is 17.8. The molecule has 21 rings (SSSR count). The number of anilines is 12. The van der Waals surface area contributed by atoms with Crippen LogP contribution in [0.3, 0.4) is 0 Å². The Bertz CT molecular complexity index is 7500. The van der Waals surface area contributed by atoms with Gasteiger partial charge in [0.15, 0.2) is 57.3 Å². The largest absolute Gasteiger partial charge is 0.399 e. The highest BCUT2D eigenvalue weighted by atomic mass is 79.9. The summed E-state index contributed by atoms with van der Waals surface area (Å²) in [5, 5.41) is 32.3. The molecule has 0 unspecified atom stereocenters. The third-order valence-corrected chi connectivity index (χ3v) is 21.7. The average Bonchev–Trinajstić information content (AvgIpc) is 1.63. The Kier molecular flexibility index (Phi) is 24.6. The Hall–Kier alpha value is -16.9. The summed E-state index contributed by atoms with van der Waals surface area (Å²) in [5.41, 5.74) is 43.0. The molecule has 0 aliphatic carbocycles. The van der Waals surface area contributed by atoms with Crippen LogP contribution in [0.15, 0.2) is 299 Å². The number of halogens is 1. The number of aryl methyl sites for hydroxylation is 3. The van der Waals surface area contributed by atoms with Crippen molar-refractivity contribution in [2.24, 2.45) is 27.1 Å². The van der Waals surface area contributed by atoms with Gasteiger partial charge in [-0.1, -0.05) is 105 Å². The van der Waals surface area contributed by atoms with Gasteiger partial charge < -0.3 is 47.9 Å². The van der Waals surface area contributed by atoms with Crippen molar-refractivity contribution >= 4 is 113 Å². The highest BCUT2D eigenvalue weighted by Gasteiger charge is 2.22. The Morgan fingerprint density at radius 2 is 0.823 bits per heavy atom. The number of nitrogens with two attached hydrogens (primary N) is 3. The van der Waals surface area contributed by atoms with Crippen LogP contribution in [0.1, 0.15) is 19.4 Å². The summed E-state index contributed by atoms with van der Waals surface area (Å²) in [6, 6.07) is 52.6. The molecule has 0 aliphatic heterocycles. The first-order chi connectivity index (χ1) is 63.1.